The molecule has 0 aromatic heterocycles. The first-order valence-electron chi connectivity index (χ1n) is 4.04. The Morgan fingerprint density at radius 1 is 1.06 bits per heavy atom. The highest BCUT2D eigenvalue weighted by atomic mass is 35.5. The van der Waals surface area contributed by atoms with Gasteiger partial charge in [0.15, 0.2) is 0 Å². The molecule has 0 aliphatic rings. The average Bonchev–Trinajstić information content (AvgIpc) is 2.15. The van der Waals surface area contributed by atoms with Gasteiger partial charge in [0.25, 0.3) is 0 Å². The summed E-state index contributed by atoms with van der Waals surface area (Å²) in [6, 6.07) is 0.966. The number of benzene rings is 1. The predicted octanol–water partition coefficient (Wildman–Crippen LogP) is 3.54. The van der Waals surface area contributed by atoms with Crippen molar-refractivity contribution in [2.24, 2.45) is 0 Å². The van der Waals surface area contributed by atoms with E-state index in [0.717, 1.165) is 0 Å². The molecule has 94 valence electrons. The molecular weight excluding hydrogens is 271 g/mol. The van der Waals surface area contributed by atoms with Crippen LogP contribution in [-0.2, 0) is 16.9 Å². The molecule has 0 aliphatic heterocycles. The summed E-state index contributed by atoms with van der Waals surface area (Å²) < 4.78 is 62.9. The summed E-state index contributed by atoms with van der Waals surface area (Å²) in [5.74, 6) is -6.97. The van der Waals surface area contributed by atoms with E-state index in [2.05, 4.69) is 0 Å². The van der Waals surface area contributed by atoms with E-state index >= 15 is 0 Å². The number of carbonyl (C=O) groups is 1. The van der Waals surface area contributed by atoms with Gasteiger partial charge >= 0.3 is 18.1 Å². The molecule has 1 N–H and O–H groups in total. The van der Waals surface area contributed by atoms with Crippen LogP contribution in [0.2, 0.25) is 5.02 Å². The Kier molecular flexibility index (Phi) is 3.33. The second-order valence-corrected chi connectivity index (χ2v) is 3.54. The number of aliphatic carboxylic acids is 1. The van der Waals surface area contributed by atoms with E-state index in [4.69, 9.17) is 16.7 Å². The van der Waals surface area contributed by atoms with Crippen LogP contribution in [-0.4, -0.2) is 11.1 Å². The molecule has 0 radical (unpaired) electrons. The molecule has 0 heterocycles. The first-order chi connectivity index (χ1) is 7.55. The molecule has 0 spiro atoms. The number of alkyl halides is 5. The van der Waals surface area contributed by atoms with Gasteiger partial charge in [-0.1, -0.05) is 11.6 Å². The summed E-state index contributed by atoms with van der Waals surface area (Å²) >= 11 is 5.24. The van der Waals surface area contributed by atoms with Gasteiger partial charge in [0, 0.05) is 10.6 Å². The van der Waals surface area contributed by atoms with Crippen LogP contribution in [0.5, 0.6) is 0 Å². The maximum atomic E-state index is 13.0. The van der Waals surface area contributed by atoms with Crippen molar-refractivity contribution in [3.8, 4) is 0 Å². The van der Waals surface area contributed by atoms with Crippen LogP contribution in [0, 0.1) is 0 Å². The number of hydrogen-bond acceptors (Lipinski definition) is 1. The van der Waals surface area contributed by atoms with E-state index in [-0.39, 0.29) is 6.07 Å². The van der Waals surface area contributed by atoms with Crippen molar-refractivity contribution in [3.05, 3.63) is 34.3 Å². The average molecular weight is 275 g/mol. The van der Waals surface area contributed by atoms with E-state index < -0.39 is 34.2 Å². The van der Waals surface area contributed by atoms with Crippen molar-refractivity contribution in [2.75, 3.05) is 0 Å². The minimum Gasteiger partial charge on any atom is -0.477 e. The topological polar surface area (TPSA) is 37.3 Å². The lowest BCUT2D eigenvalue weighted by molar-refractivity contribution is -0.166. The molecule has 1 aromatic carbocycles. The van der Waals surface area contributed by atoms with Gasteiger partial charge in [-0.3, -0.25) is 0 Å². The summed E-state index contributed by atoms with van der Waals surface area (Å²) in [6.45, 7) is 0. The Morgan fingerprint density at radius 2 is 1.53 bits per heavy atom. The van der Waals surface area contributed by atoms with Crippen LogP contribution in [0.15, 0.2) is 18.2 Å². The highest BCUT2D eigenvalue weighted by Crippen LogP contribution is 2.36. The van der Waals surface area contributed by atoms with E-state index in [0.29, 0.717) is 12.1 Å². The summed E-state index contributed by atoms with van der Waals surface area (Å²) in [6.07, 6.45) is -4.88. The van der Waals surface area contributed by atoms with Crippen molar-refractivity contribution < 1.29 is 31.9 Å². The van der Waals surface area contributed by atoms with Crippen molar-refractivity contribution in [2.45, 2.75) is 12.1 Å². The monoisotopic (exact) mass is 274 g/mol. The smallest absolute Gasteiger partial charge is 0.416 e. The third-order valence-electron chi connectivity index (χ3n) is 1.86. The number of halogens is 6. The summed E-state index contributed by atoms with van der Waals surface area (Å²) in [4.78, 5) is 10.2. The Bertz CT molecular complexity index is 455. The third-order valence-corrected chi connectivity index (χ3v) is 2.07. The zero-order valence-corrected chi connectivity index (χ0v) is 8.61. The third kappa shape index (κ3) is 2.85. The standard InChI is InChI=1S/C9H4ClF5O2/c10-6-2-4(8(11,12)7(16)17)1-5(3-6)9(13,14)15/h1-3H,(H,16,17). The summed E-state index contributed by atoms with van der Waals surface area (Å²) in [5, 5.41) is 7.59. The van der Waals surface area contributed by atoms with Gasteiger partial charge in [0.2, 0.25) is 0 Å². The lowest BCUT2D eigenvalue weighted by Gasteiger charge is -2.14. The van der Waals surface area contributed by atoms with Gasteiger partial charge in [-0.2, -0.15) is 22.0 Å². The largest absolute Gasteiger partial charge is 0.477 e. The Hall–Kier alpha value is -1.37. The molecule has 0 fully saturated rings. The van der Waals surface area contributed by atoms with Gasteiger partial charge in [-0.25, -0.2) is 4.79 Å². The van der Waals surface area contributed by atoms with Gasteiger partial charge in [-0.05, 0) is 18.2 Å². The SMILES string of the molecule is O=C(O)C(F)(F)c1cc(Cl)cc(C(F)(F)F)c1. The maximum Gasteiger partial charge on any atom is 0.416 e. The van der Waals surface area contributed by atoms with Crippen molar-refractivity contribution in [1.82, 2.24) is 0 Å². The molecule has 1 aromatic rings. The molecule has 0 saturated carbocycles. The number of carboxylic acids is 1. The Labute approximate surface area is 96.6 Å². The lowest BCUT2D eigenvalue weighted by Crippen LogP contribution is -2.25. The normalized spacial score (nSPS) is 12.6. The van der Waals surface area contributed by atoms with Gasteiger partial charge in [0.1, 0.15) is 0 Å². The molecular formula is C9H4ClF5O2. The Morgan fingerprint density at radius 3 is 1.94 bits per heavy atom. The van der Waals surface area contributed by atoms with Crippen LogP contribution in [0.1, 0.15) is 11.1 Å². The van der Waals surface area contributed by atoms with Crippen molar-refractivity contribution in [1.29, 1.82) is 0 Å². The zero-order chi connectivity index (χ0) is 13.4. The molecule has 0 aliphatic carbocycles. The molecule has 0 amide bonds. The number of carboxylic acid groups (broad SMARTS) is 1. The highest BCUT2D eigenvalue weighted by Gasteiger charge is 2.43. The van der Waals surface area contributed by atoms with E-state index in [1.807, 2.05) is 0 Å². The highest BCUT2D eigenvalue weighted by molar-refractivity contribution is 6.30. The van der Waals surface area contributed by atoms with Gasteiger partial charge in [0.05, 0.1) is 5.56 Å². The zero-order valence-electron chi connectivity index (χ0n) is 7.86. The van der Waals surface area contributed by atoms with E-state index in [1.165, 1.54) is 0 Å². The fourth-order valence-corrected chi connectivity index (χ4v) is 1.29. The summed E-state index contributed by atoms with van der Waals surface area (Å²) in [5.41, 5.74) is -2.74. The van der Waals surface area contributed by atoms with E-state index in [9.17, 15) is 26.7 Å². The molecule has 0 saturated heterocycles. The minimum absolute atomic E-state index is 0.0556. The molecule has 0 unspecified atom stereocenters. The molecule has 1 rings (SSSR count). The number of rotatable bonds is 2. The van der Waals surface area contributed by atoms with Crippen LogP contribution in [0.4, 0.5) is 22.0 Å². The first-order valence-corrected chi connectivity index (χ1v) is 4.42. The predicted molar refractivity (Wildman–Crippen MR) is 48.0 cm³/mol. The maximum absolute atomic E-state index is 13.0. The molecule has 17 heavy (non-hydrogen) atoms. The molecule has 0 bridgehead atoms. The van der Waals surface area contributed by atoms with Crippen LogP contribution >= 0.6 is 11.6 Å². The van der Waals surface area contributed by atoms with Gasteiger partial charge < -0.3 is 5.11 Å². The van der Waals surface area contributed by atoms with E-state index in [1.54, 1.807) is 0 Å². The molecule has 8 heteroatoms. The van der Waals surface area contributed by atoms with Crippen molar-refractivity contribution in [3.63, 3.8) is 0 Å². The van der Waals surface area contributed by atoms with Gasteiger partial charge in [-0.15, -0.1) is 0 Å². The number of hydrogen-bond donors (Lipinski definition) is 1. The summed E-state index contributed by atoms with van der Waals surface area (Å²) in [7, 11) is 0. The fraction of sp³-hybridized carbons (Fsp3) is 0.222. The lowest BCUT2D eigenvalue weighted by atomic mass is 10.0. The minimum atomic E-state index is -4.88. The quantitative estimate of drug-likeness (QED) is 0.838. The molecule has 0 atom stereocenters. The second-order valence-electron chi connectivity index (χ2n) is 3.11. The van der Waals surface area contributed by atoms with Crippen LogP contribution in [0.25, 0.3) is 0 Å². The van der Waals surface area contributed by atoms with Crippen LogP contribution in [0.3, 0.4) is 0 Å². The first kappa shape index (κ1) is 13.7. The molecule has 2 nitrogen and oxygen atoms in total. The van der Waals surface area contributed by atoms with Crippen molar-refractivity contribution >= 4 is 17.6 Å². The Balaban J connectivity index is 3.38. The fourth-order valence-electron chi connectivity index (χ4n) is 1.06. The second kappa shape index (κ2) is 4.14. The van der Waals surface area contributed by atoms with Crippen LogP contribution < -0.4 is 0 Å².